The highest BCUT2D eigenvalue weighted by atomic mass is 32.2. The van der Waals surface area contributed by atoms with Gasteiger partial charge in [0.25, 0.3) is 0 Å². The van der Waals surface area contributed by atoms with E-state index in [9.17, 15) is 5.11 Å². The van der Waals surface area contributed by atoms with Crippen molar-refractivity contribution in [3.63, 3.8) is 0 Å². The Hall–Kier alpha value is -0.170. The van der Waals surface area contributed by atoms with Crippen LogP contribution >= 0.6 is 23.1 Å². The van der Waals surface area contributed by atoms with Gasteiger partial charge in [0.1, 0.15) is 5.51 Å². The van der Waals surface area contributed by atoms with Crippen LogP contribution in [0, 0.1) is 0 Å². The molecule has 1 heterocycles. The molecule has 0 aliphatic rings. The summed E-state index contributed by atoms with van der Waals surface area (Å²) in [5, 5.41) is 20.4. The molecular weight excluding hydrogens is 230 g/mol. The van der Waals surface area contributed by atoms with Gasteiger partial charge in [-0.25, -0.2) is 0 Å². The van der Waals surface area contributed by atoms with Crippen LogP contribution in [0.15, 0.2) is 9.85 Å². The molecule has 1 aromatic heterocycles. The Morgan fingerprint density at radius 1 is 1.67 bits per heavy atom. The zero-order chi connectivity index (χ0) is 11.3. The molecule has 1 atom stereocenters. The number of aliphatic hydroxyl groups is 1. The van der Waals surface area contributed by atoms with Crippen LogP contribution in [-0.2, 0) is 0 Å². The van der Waals surface area contributed by atoms with Crippen molar-refractivity contribution in [2.75, 3.05) is 12.4 Å². The van der Waals surface area contributed by atoms with E-state index in [2.05, 4.69) is 29.4 Å². The van der Waals surface area contributed by atoms with Crippen LogP contribution < -0.4 is 5.32 Å². The largest absolute Gasteiger partial charge is 0.394 e. The molecule has 0 aliphatic carbocycles. The zero-order valence-corrected chi connectivity index (χ0v) is 10.9. The molecule has 0 fully saturated rings. The lowest BCUT2D eigenvalue weighted by molar-refractivity contribution is 0.183. The Balaban J connectivity index is 2.45. The van der Waals surface area contributed by atoms with Crippen molar-refractivity contribution in [2.24, 2.45) is 0 Å². The van der Waals surface area contributed by atoms with Crippen LogP contribution in [0.1, 0.15) is 20.8 Å². The van der Waals surface area contributed by atoms with Crippen LogP contribution in [0.25, 0.3) is 0 Å². The van der Waals surface area contributed by atoms with E-state index in [1.54, 1.807) is 17.3 Å². The van der Waals surface area contributed by atoms with Crippen LogP contribution in [0.2, 0.25) is 0 Å². The monoisotopic (exact) mass is 247 g/mol. The molecule has 0 spiro atoms. The number of aliphatic hydroxyl groups excluding tert-OH is 1. The minimum atomic E-state index is -0.259. The van der Waals surface area contributed by atoms with Gasteiger partial charge in [-0.15, -0.1) is 10.2 Å². The number of hydrogen-bond donors (Lipinski definition) is 2. The van der Waals surface area contributed by atoms with E-state index in [1.165, 1.54) is 11.3 Å². The van der Waals surface area contributed by atoms with Gasteiger partial charge in [-0.1, -0.05) is 36.9 Å². The van der Waals surface area contributed by atoms with Gasteiger partial charge in [-0.3, -0.25) is 0 Å². The summed E-state index contributed by atoms with van der Waals surface area (Å²) in [5.74, 6) is 0.789. The summed E-state index contributed by atoms with van der Waals surface area (Å²) in [6.07, 6.45) is 0. The van der Waals surface area contributed by atoms with Crippen molar-refractivity contribution in [3.05, 3.63) is 5.51 Å². The van der Waals surface area contributed by atoms with Crippen LogP contribution in [0.4, 0.5) is 0 Å². The fraction of sp³-hybridized carbons (Fsp3) is 0.778. The van der Waals surface area contributed by atoms with Gasteiger partial charge in [-0.2, -0.15) is 0 Å². The molecule has 0 bridgehead atoms. The van der Waals surface area contributed by atoms with Crippen molar-refractivity contribution in [3.8, 4) is 0 Å². The first kappa shape index (κ1) is 12.9. The fourth-order valence-corrected chi connectivity index (χ4v) is 2.86. The fourth-order valence-electron chi connectivity index (χ4n) is 1.28. The van der Waals surface area contributed by atoms with Gasteiger partial charge in [-0.05, 0) is 6.92 Å². The molecule has 0 saturated carbocycles. The minimum Gasteiger partial charge on any atom is -0.394 e. The average Bonchev–Trinajstić information content (AvgIpc) is 2.66. The third-order valence-corrected chi connectivity index (χ3v) is 4.08. The highest BCUT2D eigenvalue weighted by Gasteiger charge is 2.24. The Bertz CT molecular complexity index is 279. The van der Waals surface area contributed by atoms with Crippen LogP contribution in [-0.4, -0.2) is 39.2 Å². The Labute approximate surface area is 98.5 Å². The third kappa shape index (κ3) is 4.46. The molecule has 1 unspecified atom stereocenters. The van der Waals surface area contributed by atoms with E-state index >= 15 is 0 Å². The predicted octanol–water partition coefficient (Wildman–Crippen LogP) is 1.38. The minimum absolute atomic E-state index is 0.122. The maximum atomic E-state index is 9.35. The lowest BCUT2D eigenvalue weighted by Gasteiger charge is -2.30. The zero-order valence-electron chi connectivity index (χ0n) is 9.23. The summed E-state index contributed by atoms with van der Waals surface area (Å²) in [5.41, 5.74) is 1.46. The molecule has 0 aliphatic heterocycles. The average molecular weight is 247 g/mol. The SMILES string of the molecule is CC(C)NC(C)(CO)CSc1nncs1. The van der Waals surface area contributed by atoms with Crippen molar-refractivity contribution in [1.82, 2.24) is 15.5 Å². The highest BCUT2D eigenvalue weighted by Crippen LogP contribution is 2.23. The van der Waals surface area contributed by atoms with Gasteiger partial charge >= 0.3 is 0 Å². The van der Waals surface area contributed by atoms with E-state index in [0.29, 0.717) is 6.04 Å². The number of nitrogens with zero attached hydrogens (tertiary/aromatic N) is 2. The first-order valence-corrected chi connectivity index (χ1v) is 6.70. The lowest BCUT2D eigenvalue weighted by atomic mass is 10.1. The third-order valence-electron chi connectivity index (χ3n) is 1.84. The molecule has 4 nitrogen and oxygen atoms in total. The molecule has 0 radical (unpaired) electrons. The van der Waals surface area contributed by atoms with E-state index in [1.807, 2.05) is 6.92 Å². The number of rotatable bonds is 6. The second-order valence-electron chi connectivity index (χ2n) is 4.01. The quantitative estimate of drug-likeness (QED) is 0.744. The summed E-state index contributed by atoms with van der Waals surface area (Å²) in [7, 11) is 0. The molecule has 6 heteroatoms. The Morgan fingerprint density at radius 2 is 2.40 bits per heavy atom. The maximum Gasteiger partial charge on any atom is 0.174 e. The van der Waals surface area contributed by atoms with Gasteiger partial charge in [0.15, 0.2) is 4.34 Å². The van der Waals surface area contributed by atoms with Crippen molar-refractivity contribution in [1.29, 1.82) is 0 Å². The number of hydrogen-bond acceptors (Lipinski definition) is 6. The molecular formula is C9H17N3OS2. The van der Waals surface area contributed by atoms with Gasteiger partial charge < -0.3 is 10.4 Å². The Morgan fingerprint density at radius 3 is 2.87 bits per heavy atom. The summed E-state index contributed by atoms with van der Waals surface area (Å²) in [4.78, 5) is 0. The molecule has 2 N–H and O–H groups in total. The van der Waals surface area contributed by atoms with Crippen molar-refractivity contribution < 1.29 is 5.11 Å². The van der Waals surface area contributed by atoms with Crippen LogP contribution in [0.3, 0.4) is 0 Å². The lowest BCUT2D eigenvalue weighted by Crippen LogP contribution is -2.51. The smallest absolute Gasteiger partial charge is 0.174 e. The number of thioether (sulfide) groups is 1. The summed E-state index contributed by atoms with van der Waals surface area (Å²) in [6.45, 7) is 6.28. The maximum absolute atomic E-state index is 9.35. The van der Waals surface area contributed by atoms with Crippen LogP contribution in [0.5, 0.6) is 0 Å². The Kier molecular flexibility index (Phi) is 4.98. The molecule has 0 amide bonds. The molecule has 0 saturated heterocycles. The topological polar surface area (TPSA) is 58.0 Å². The first-order chi connectivity index (χ1) is 7.06. The summed E-state index contributed by atoms with van der Waals surface area (Å²) >= 11 is 3.15. The summed E-state index contributed by atoms with van der Waals surface area (Å²) in [6, 6.07) is 0.358. The number of aromatic nitrogens is 2. The molecule has 15 heavy (non-hydrogen) atoms. The summed E-state index contributed by atoms with van der Waals surface area (Å²) < 4.78 is 0.945. The van der Waals surface area contributed by atoms with Gasteiger partial charge in [0, 0.05) is 17.3 Å². The van der Waals surface area contributed by atoms with E-state index < -0.39 is 0 Å². The standard InChI is InChI=1S/C9H17N3OS2/c1-7(2)11-9(3,4-13)5-14-8-12-10-6-15-8/h6-7,11,13H,4-5H2,1-3H3. The predicted molar refractivity (Wildman–Crippen MR) is 64.4 cm³/mol. The molecule has 1 rings (SSSR count). The normalized spacial score (nSPS) is 15.5. The second kappa shape index (κ2) is 5.79. The van der Waals surface area contributed by atoms with E-state index in [-0.39, 0.29) is 12.1 Å². The van der Waals surface area contributed by atoms with Crippen molar-refractivity contribution in [2.45, 2.75) is 36.7 Å². The van der Waals surface area contributed by atoms with E-state index in [4.69, 9.17) is 0 Å². The van der Waals surface area contributed by atoms with E-state index in [0.717, 1.165) is 10.1 Å². The van der Waals surface area contributed by atoms with Crippen molar-refractivity contribution >= 4 is 23.1 Å². The molecule has 0 aromatic carbocycles. The highest BCUT2D eigenvalue weighted by molar-refractivity contribution is 8.01. The van der Waals surface area contributed by atoms with Gasteiger partial charge in [0.05, 0.1) is 6.61 Å². The second-order valence-corrected chi connectivity index (χ2v) is 6.07. The van der Waals surface area contributed by atoms with Gasteiger partial charge in [0.2, 0.25) is 0 Å². The molecule has 1 aromatic rings. The number of nitrogens with one attached hydrogen (secondary N) is 1. The molecule has 86 valence electrons. The first-order valence-electron chi connectivity index (χ1n) is 4.83.